The van der Waals surface area contributed by atoms with Gasteiger partial charge in [0.05, 0.1) is 18.4 Å². The zero-order valence-corrected chi connectivity index (χ0v) is 19.3. The highest BCUT2D eigenvalue weighted by molar-refractivity contribution is 6.04. The Hall–Kier alpha value is -3.75. The van der Waals surface area contributed by atoms with E-state index in [-0.39, 0.29) is 23.7 Å². The van der Waals surface area contributed by atoms with Crippen LogP contribution >= 0.6 is 0 Å². The van der Waals surface area contributed by atoms with Crippen molar-refractivity contribution in [1.29, 1.82) is 0 Å². The quantitative estimate of drug-likeness (QED) is 0.597. The van der Waals surface area contributed by atoms with Gasteiger partial charge in [-0.15, -0.1) is 0 Å². The number of carbonyl (C=O) groups excluding carboxylic acids is 2. The van der Waals surface area contributed by atoms with Crippen LogP contribution in [0.25, 0.3) is 0 Å². The van der Waals surface area contributed by atoms with Gasteiger partial charge in [0.1, 0.15) is 17.3 Å². The highest BCUT2D eigenvalue weighted by Gasteiger charge is 2.31. The molecule has 0 spiro atoms. The maximum atomic E-state index is 12.8. The standard InChI is InChI=1S/C24H28N6O3/c1-14(2)20-11-21(29-28-20)24(32)30-10-9-16(13-30)22-25-12-19(15(3)26-22)23(31)27-17-5-7-18(33-4)8-6-17/h5-8,11-12,14,16H,9-10,13H2,1-4H3,(H,27,31)(H,28,29)/t16-/m0/s1. The van der Waals surface area contributed by atoms with Gasteiger partial charge in [0.2, 0.25) is 0 Å². The summed E-state index contributed by atoms with van der Waals surface area (Å²) in [4.78, 5) is 36.3. The monoisotopic (exact) mass is 448 g/mol. The molecule has 3 aromatic rings. The molecule has 1 saturated heterocycles. The third-order valence-electron chi connectivity index (χ3n) is 5.87. The summed E-state index contributed by atoms with van der Waals surface area (Å²) in [5, 5.41) is 9.96. The zero-order valence-electron chi connectivity index (χ0n) is 19.3. The number of aryl methyl sites for hydroxylation is 1. The van der Waals surface area contributed by atoms with Crippen molar-refractivity contribution in [1.82, 2.24) is 25.1 Å². The molecule has 33 heavy (non-hydrogen) atoms. The lowest BCUT2D eigenvalue weighted by Gasteiger charge is -2.15. The molecule has 1 aliphatic heterocycles. The number of H-pyrrole nitrogens is 1. The first-order chi connectivity index (χ1) is 15.9. The fraction of sp³-hybridized carbons (Fsp3) is 0.375. The normalized spacial score (nSPS) is 15.7. The molecular formula is C24H28N6O3. The van der Waals surface area contributed by atoms with Crippen LogP contribution in [0.1, 0.15) is 70.2 Å². The van der Waals surface area contributed by atoms with E-state index in [4.69, 9.17) is 4.74 Å². The Labute approximate surface area is 192 Å². The second-order valence-corrected chi connectivity index (χ2v) is 8.51. The number of ether oxygens (including phenoxy) is 1. The minimum absolute atomic E-state index is 0.0230. The number of amides is 2. The molecule has 0 saturated carbocycles. The molecule has 1 aromatic carbocycles. The Balaban J connectivity index is 1.41. The largest absolute Gasteiger partial charge is 0.497 e. The molecule has 1 fully saturated rings. The fourth-order valence-electron chi connectivity index (χ4n) is 3.84. The van der Waals surface area contributed by atoms with E-state index >= 15 is 0 Å². The average molecular weight is 449 g/mol. The number of aromatic amines is 1. The SMILES string of the molecule is COc1ccc(NC(=O)c2cnc([C@H]3CCN(C(=O)c4cc(C(C)C)[nH]n4)C3)nc2C)cc1. The number of rotatable bonds is 6. The van der Waals surface area contributed by atoms with Gasteiger partial charge in [0.25, 0.3) is 11.8 Å². The van der Waals surface area contributed by atoms with Crippen LogP contribution < -0.4 is 10.1 Å². The van der Waals surface area contributed by atoms with Gasteiger partial charge in [-0.25, -0.2) is 9.97 Å². The van der Waals surface area contributed by atoms with E-state index in [1.165, 1.54) is 0 Å². The summed E-state index contributed by atoms with van der Waals surface area (Å²) < 4.78 is 5.14. The minimum Gasteiger partial charge on any atom is -0.497 e. The summed E-state index contributed by atoms with van der Waals surface area (Å²) in [6.07, 6.45) is 2.33. The Morgan fingerprint density at radius 3 is 2.64 bits per heavy atom. The highest BCUT2D eigenvalue weighted by atomic mass is 16.5. The summed E-state index contributed by atoms with van der Waals surface area (Å²) in [6, 6.07) is 8.92. The van der Waals surface area contributed by atoms with E-state index < -0.39 is 0 Å². The number of benzene rings is 1. The van der Waals surface area contributed by atoms with Crippen LogP contribution in [0.4, 0.5) is 5.69 Å². The molecule has 2 aromatic heterocycles. The molecule has 1 aliphatic rings. The third-order valence-corrected chi connectivity index (χ3v) is 5.87. The third kappa shape index (κ3) is 4.87. The number of nitrogens with zero attached hydrogens (tertiary/aromatic N) is 4. The molecule has 9 nitrogen and oxygen atoms in total. The predicted octanol–water partition coefficient (Wildman–Crippen LogP) is 3.52. The van der Waals surface area contributed by atoms with Crippen molar-refractivity contribution in [3.63, 3.8) is 0 Å². The van der Waals surface area contributed by atoms with Gasteiger partial charge in [0.15, 0.2) is 0 Å². The number of nitrogens with one attached hydrogen (secondary N) is 2. The van der Waals surface area contributed by atoms with Crippen LogP contribution in [0.2, 0.25) is 0 Å². The lowest BCUT2D eigenvalue weighted by atomic mass is 10.1. The van der Waals surface area contributed by atoms with Gasteiger partial charge in [-0.2, -0.15) is 5.10 Å². The first kappa shape index (κ1) is 22.4. The smallest absolute Gasteiger partial charge is 0.274 e. The topological polar surface area (TPSA) is 113 Å². The zero-order chi connectivity index (χ0) is 23.5. The molecule has 0 bridgehead atoms. The molecular weight excluding hydrogens is 420 g/mol. The van der Waals surface area contributed by atoms with Gasteiger partial charge in [-0.3, -0.25) is 14.7 Å². The Morgan fingerprint density at radius 2 is 2.00 bits per heavy atom. The van der Waals surface area contributed by atoms with Gasteiger partial charge in [0, 0.05) is 36.6 Å². The first-order valence-corrected chi connectivity index (χ1v) is 11.0. The summed E-state index contributed by atoms with van der Waals surface area (Å²) in [6.45, 7) is 7.04. The van der Waals surface area contributed by atoms with E-state index in [1.807, 2.05) is 19.9 Å². The van der Waals surface area contributed by atoms with E-state index in [1.54, 1.807) is 49.4 Å². The van der Waals surface area contributed by atoms with Gasteiger partial charge >= 0.3 is 0 Å². The van der Waals surface area contributed by atoms with E-state index in [0.29, 0.717) is 47.3 Å². The van der Waals surface area contributed by atoms with Crippen LogP contribution in [-0.2, 0) is 0 Å². The number of carbonyl (C=O) groups is 2. The van der Waals surface area contributed by atoms with Crippen LogP contribution in [0.5, 0.6) is 5.75 Å². The molecule has 3 heterocycles. The Morgan fingerprint density at radius 1 is 1.24 bits per heavy atom. The summed E-state index contributed by atoms with van der Waals surface area (Å²) in [7, 11) is 1.59. The molecule has 9 heteroatoms. The minimum atomic E-state index is -0.271. The van der Waals surface area contributed by atoms with Crippen LogP contribution in [0.3, 0.4) is 0 Å². The van der Waals surface area contributed by atoms with Gasteiger partial charge in [-0.05, 0) is 49.6 Å². The molecule has 0 aliphatic carbocycles. The lowest BCUT2D eigenvalue weighted by Crippen LogP contribution is -2.29. The lowest BCUT2D eigenvalue weighted by molar-refractivity contribution is 0.0784. The molecule has 2 amide bonds. The molecule has 1 atom stereocenters. The van der Waals surface area contributed by atoms with Crippen LogP contribution in [-0.4, -0.2) is 57.1 Å². The van der Waals surface area contributed by atoms with E-state index in [0.717, 1.165) is 12.1 Å². The van der Waals surface area contributed by atoms with Crippen molar-refractivity contribution >= 4 is 17.5 Å². The maximum absolute atomic E-state index is 12.8. The molecule has 0 radical (unpaired) electrons. The van der Waals surface area contributed by atoms with Gasteiger partial charge < -0.3 is 15.0 Å². The molecule has 4 rings (SSSR count). The molecule has 172 valence electrons. The number of likely N-dealkylation sites (tertiary alicyclic amines) is 1. The maximum Gasteiger partial charge on any atom is 0.274 e. The van der Waals surface area contributed by atoms with Crippen LogP contribution in [0, 0.1) is 6.92 Å². The highest BCUT2D eigenvalue weighted by Crippen LogP contribution is 2.27. The van der Waals surface area contributed by atoms with E-state index in [9.17, 15) is 9.59 Å². The van der Waals surface area contributed by atoms with Crippen molar-refractivity contribution in [2.24, 2.45) is 0 Å². The van der Waals surface area contributed by atoms with Crippen molar-refractivity contribution in [3.8, 4) is 5.75 Å². The van der Waals surface area contributed by atoms with Crippen molar-refractivity contribution < 1.29 is 14.3 Å². The molecule has 0 unspecified atom stereocenters. The fourth-order valence-corrected chi connectivity index (χ4v) is 3.84. The average Bonchev–Trinajstić information content (AvgIpc) is 3.49. The number of hydrogen-bond donors (Lipinski definition) is 2. The van der Waals surface area contributed by atoms with E-state index in [2.05, 4.69) is 25.5 Å². The second-order valence-electron chi connectivity index (χ2n) is 8.51. The summed E-state index contributed by atoms with van der Waals surface area (Å²) in [5.74, 6) is 1.30. The number of methoxy groups -OCH3 is 1. The Kier molecular flexibility index (Phi) is 6.39. The van der Waals surface area contributed by atoms with Crippen LogP contribution in [0.15, 0.2) is 36.5 Å². The van der Waals surface area contributed by atoms with Crippen molar-refractivity contribution in [3.05, 3.63) is 65.0 Å². The summed E-state index contributed by atoms with van der Waals surface area (Å²) >= 11 is 0. The second kappa shape index (κ2) is 9.40. The number of anilines is 1. The van der Waals surface area contributed by atoms with Crippen molar-refractivity contribution in [2.45, 2.75) is 39.0 Å². The van der Waals surface area contributed by atoms with Crippen molar-refractivity contribution in [2.75, 3.05) is 25.5 Å². The Bertz CT molecular complexity index is 1160. The predicted molar refractivity (Wildman–Crippen MR) is 124 cm³/mol. The molecule has 2 N–H and O–H groups in total. The first-order valence-electron chi connectivity index (χ1n) is 11.0. The summed E-state index contributed by atoms with van der Waals surface area (Å²) in [5.41, 5.74) is 3.05. The number of aromatic nitrogens is 4. The van der Waals surface area contributed by atoms with Gasteiger partial charge in [-0.1, -0.05) is 13.8 Å². The number of hydrogen-bond acceptors (Lipinski definition) is 6.